The molecule has 0 aliphatic rings. The van der Waals surface area contributed by atoms with Crippen molar-refractivity contribution in [2.75, 3.05) is 21.3 Å². The van der Waals surface area contributed by atoms with E-state index < -0.39 is 28.8 Å². The third-order valence-electron chi connectivity index (χ3n) is 3.43. The standard InChI is InChI=1S/C17H16O7/c1-22-11-7-5-4-6-9(11)15(19)14-12(23-2)8-10(18)13(16(14)20)17(21)24-3/h4-8,18,20H,1-3H3. The zero-order valence-electron chi connectivity index (χ0n) is 13.3. The number of aromatic hydroxyl groups is 2. The molecule has 2 aromatic rings. The summed E-state index contributed by atoms with van der Waals surface area (Å²) in [5, 5.41) is 20.3. The van der Waals surface area contributed by atoms with Crippen molar-refractivity contribution in [3.8, 4) is 23.0 Å². The Bertz CT molecular complexity index is 796. The average Bonchev–Trinajstić information content (AvgIpc) is 2.60. The molecule has 0 unspecified atom stereocenters. The van der Waals surface area contributed by atoms with Crippen molar-refractivity contribution < 1.29 is 34.0 Å². The number of benzene rings is 2. The van der Waals surface area contributed by atoms with Gasteiger partial charge in [-0.25, -0.2) is 4.79 Å². The number of para-hydroxylation sites is 1. The molecule has 0 aliphatic carbocycles. The van der Waals surface area contributed by atoms with Gasteiger partial charge in [0.25, 0.3) is 0 Å². The highest BCUT2D eigenvalue weighted by atomic mass is 16.5. The molecule has 2 aromatic carbocycles. The number of esters is 1. The predicted molar refractivity (Wildman–Crippen MR) is 84.1 cm³/mol. The Kier molecular flexibility index (Phi) is 4.93. The van der Waals surface area contributed by atoms with E-state index in [0.717, 1.165) is 13.2 Å². The molecule has 0 spiro atoms. The predicted octanol–water partition coefficient (Wildman–Crippen LogP) is 2.13. The van der Waals surface area contributed by atoms with Crippen LogP contribution in [0.4, 0.5) is 0 Å². The molecule has 2 N–H and O–H groups in total. The highest BCUT2D eigenvalue weighted by molar-refractivity contribution is 6.16. The van der Waals surface area contributed by atoms with Gasteiger partial charge >= 0.3 is 5.97 Å². The molecule has 2 rings (SSSR count). The largest absolute Gasteiger partial charge is 0.507 e. The van der Waals surface area contributed by atoms with Crippen LogP contribution in [0.5, 0.6) is 23.0 Å². The lowest BCUT2D eigenvalue weighted by Crippen LogP contribution is -2.10. The molecule has 0 fully saturated rings. The van der Waals surface area contributed by atoms with E-state index >= 15 is 0 Å². The van der Waals surface area contributed by atoms with E-state index in [1.807, 2.05) is 0 Å². The zero-order valence-corrected chi connectivity index (χ0v) is 13.3. The molecular weight excluding hydrogens is 316 g/mol. The first-order chi connectivity index (χ1) is 11.5. The number of ketones is 1. The SMILES string of the molecule is COC(=O)c1c(O)cc(OC)c(C(=O)c2ccccc2OC)c1O. The van der Waals surface area contributed by atoms with E-state index in [-0.39, 0.29) is 22.6 Å². The van der Waals surface area contributed by atoms with E-state index in [4.69, 9.17) is 9.47 Å². The van der Waals surface area contributed by atoms with Gasteiger partial charge in [-0.1, -0.05) is 12.1 Å². The van der Waals surface area contributed by atoms with Gasteiger partial charge in [0, 0.05) is 6.07 Å². The fourth-order valence-electron chi connectivity index (χ4n) is 2.28. The number of hydrogen-bond acceptors (Lipinski definition) is 7. The maximum atomic E-state index is 12.8. The monoisotopic (exact) mass is 332 g/mol. The molecule has 126 valence electrons. The summed E-state index contributed by atoms with van der Waals surface area (Å²) in [6.07, 6.45) is 0. The number of methoxy groups -OCH3 is 3. The van der Waals surface area contributed by atoms with E-state index in [0.29, 0.717) is 0 Å². The Morgan fingerprint density at radius 3 is 2.12 bits per heavy atom. The average molecular weight is 332 g/mol. The molecule has 0 radical (unpaired) electrons. The summed E-state index contributed by atoms with van der Waals surface area (Å²) in [6, 6.07) is 7.46. The van der Waals surface area contributed by atoms with Crippen LogP contribution in [0.3, 0.4) is 0 Å². The number of phenols is 2. The van der Waals surface area contributed by atoms with Crippen LogP contribution in [-0.4, -0.2) is 43.3 Å². The highest BCUT2D eigenvalue weighted by Gasteiger charge is 2.29. The fraction of sp³-hybridized carbons (Fsp3) is 0.176. The van der Waals surface area contributed by atoms with Crippen LogP contribution < -0.4 is 9.47 Å². The van der Waals surface area contributed by atoms with E-state index in [1.165, 1.54) is 20.3 Å². The second-order valence-electron chi connectivity index (χ2n) is 4.72. The number of ether oxygens (including phenoxy) is 3. The summed E-state index contributed by atoms with van der Waals surface area (Å²) in [6.45, 7) is 0. The van der Waals surface area contributed by atoms with Crippen LogP contribution in [0.15, 0.2) is 30.3 Å². The summed E-state index contributed by atoms with van der Waals surface area (Å²) in [5.74, 6) is -2.71. The van der Waals surface area contributed by atoms with Crippen LogP contribution >= 0.6 is 0 Å². The van der Waals surface area contributed by atoms with Crippen LogP contribution in [0.25, 0.3) is 0 Å². The quantitative estimate of drug-likeness (QED) is 0.638. The minimum absolute atomic E-state index is 0.0893. The molecule has 0 aliphatic heterocycles. The summed E-state index contributed by atoms with van der Waals surface area (Å²) in [7, 11) is 3.76. The van der Waals surface area contributed by atoms with Crippen molar-refractivity contribution in [3.05, 3.63) is 47.0 Å². The number of carbonyl (C=O) groups is 2. The number of hydrogen-bond donors (Lipinski definition) is 2. The summed E-state index contributed by atoms with van der Waals surface area (Å²) in [4.78, 5) is 24.6. The van der Waals surface area contributed by atoms with Gasteiger partial charge in [0.15, 0.2) is 0 Å². The second-order valence-corrected chi connectivity index (χ2v) is 4.72. The van der Waals surface area contributed by atoms with Crippen molar-refractivity contribution in [2.24, 2.45) is 0 Å². The van der Waals surface area contributed by atoms with Gasteiger partial charge in [-0.2, -0.15) is 0 Å². The molecular formula is C17H16O7. The normalized spacial score (nSPS) is 10.1. The van der Waals surface area contributed by atoms with Crippen molar-refractivity contribution >= 4 is 11.8 Å². The van der Waals surface area contributed by atoms with Crippen molar-refractivity contribution in [2.45, 2.75) is 0 Å². The lowest BCUT2D eigenvalue weighted by molar-refractivity contribution is 0.0594. The summed E-state index contributed by atoms with van der Waals surface area (Å²) in [5.41, 5.74) is -0.633. The van der Waals surface area contributed by atoms with Gasteiger partial charge in [-0.05, 0) is 12.1 Å². The van der Waals surface area contributed by atoms with E-state index in [1.54, 1.807) is 18.2 Å². The first-order valence-corrected chi connectivity index (χ1v) is 6.85. The molecule has 0 saturated carbocycles. The Morgan fingerprint density at radius 1 is 0.917 bits per heavy atom. The molecule has 0 saturated heterocycles. The minimum Gasteiger partial charge on any atom is -0.507 e. The van der Waals surface area contributed by atoms with Gasteiger partial charge < -0.3 is 24.4 Å². The Labute approximate surface area is 138 Å². The molecule has 7 nitrogen and oxygen atoms in total. The van der Waals surface area contributed by atoms with Gasteiger partial charge in [-0.15, -0.1) is 0 Å². The molecule has 0 bridgehead atoms. The maximum Gasteiger partial charge on any atom is 0.345 e. The van der Waals surface area contributed by atoms with Gasteiger partial charge in [0.05, 0.1) is 26.9 Å². The highest BCUT2D eigenvalue weighted by Crippen LogP contribution is 2.40. The second kappa shape index (κ2) is 6.91. The number of carbonyl (C=O) groups excluding carboxylic acids is 2. The van der Waals surface area contributed by atoms with Crippen LogP contribution in [0.2, 0.25) is 0 Å². The van der Waals surface area contributed by atoms with Crippen molar-refractivity contribution in [1.82, 2.24) is 0 Å². The lowest BCUT2D eigenvalue weighted by Gasteiger charge is -2.15. The number of phenolic OH excluding ortho intramolecular Hbond substituents is 2. The van der Waals surface area contributed by atoms with Crippen molar-refractivity contribution in [3.63, 3.8) is 0 Å². The summed E-state index contributed by atoms with van der Waals surface area (Å²) >= 11 is 0. The van der Waals surface area contributed by atoms with Crippen LogP contribution in [-0.2, 0) is 4.74 Å². The van der Waals surface area contributed by atoms with Gasteiger partial charge in [0.1, 0.15) is 34.1 Å². The fourth-order valence-corrected chi connectivity index (χ4v) is 2.28. The Balaban J connectivity index is 2.73. The van der Waals surface area contributed by atoms with Crippen LogP contribution in [0, 0.1) is 0 Å². The smallest absolute Gasteiger partial charge is 0.345 e. The number of rotatable bonds is 5. The van der Waals surface area contributed by atoms with Crippen molar-refractivity contribution in [1.29, 1.82) is 0 Å². The lowest BCUT2D eigenvalue weighted by atomic mass is 9.97. The third-order valence-corrected chi connectivity index (χ3v) is 3.43. The molecule has 0 atom stereocenters. The molecule has 0 heterocycles. The third kappa shape index (κ3) is 2.83. The minimum atomic E-state index is -0.985. The summed E-state index contributed by atoms with van der Waals surface area (Å²) < 4.78 is 14.7. The Morgan fingerprint density at radius 2 is 1.54 bits per heavy atom. The van der Waals surface area contributed by atoms with E-state index in [2.05, 4.69) is 4.74 Å². The van der Waals surface area contributed by atoms with E-state index in [9.17, 15) is 19.8 Å². The maximum absolute atomic E-state index is 12.8. The molecule has 0 amide bonds. The first-order valence-electron chi connectivity index (χ1n) is 6.85. The first kappa shape index (κ1) is 17.1. The van der Waals surface area contributed by atoms with Gasteiger partial charge in [0.2, 0.25) is 5.78 Å². The Hall–Kier alpha value is -3.22. The molecule has 7 heteroatoms. The topological polar surface area (TPSA) is 102 Å². The zero-order chi connectivity index (χ0) is 17.9. The molecule has 0 aromatic heterocycles. The van der Waals surface area contributed by atoms with Gasteiger partial charge in [-0.3, -0.25) is 4.79 Å². The van der Waals surface area contributed by atoms with Crippen LogP contribution in [0.1, 0.15) is 26.3 Å². The molecule has 24 heavy (non-hydrogen) atoms.